The molecule has 0 radical (unpaired) electrons. The number of hydrogen-bond donors (Lipinski definition) is 1. The largest absolute Gasteiger partial charge is 0.330 e. The van der Waals surface area contributed by atoms with Crippen LogP contribution >= 0.6 is 0 Å². The zero-order valence-corrected chi connectivity index (χ0v) is 21.9. The van der Waals surface area contributed by atoms with Gasteiger partial charge in [-0.2, -0.15) is 0 Å². The van der Waals surface area contributed by atoms with Crippen LogP contribution in [0.25, 0.3) is 0 Å². The van der Waals surface area contributed by atoms with Gasteiger partial charge in [-0.1, -0.05) is 182 Å². The highest BCUT2D eigenvalue weighted by Crippen LogP contribution is 2.13. The second kappa shape index (κ2) is 22.3. The molecular weight excluding hydrogens is 397 g/mol. The Labute approximate surface area is 207 Å². The molecule has 0 heterocycles. The van der Waals surface area contributed by atoms with Crippen LogP contribution in [0.1, 0.15) is 110 Å². The third-order valence-corrected chi connectivity index (χ3v) is 6.66. The van der Waals surface area contributed by atoms with Crippen LogP contribution < -0.4 is 16.7 Å². The summed E-state index contributed by atoms with van der Waals surface area (Å²) in [6, 6.07) is 21.2. The third kappa shape index (κ3) is 16.7. The van der Waals surface area contributed by atoms with E-state index in [1.54, 1.807) is 0 Å². The number of nitrogens with two attached hydrogens (primary N) is 1. The molecule has 2 N–H and O–H groups in total. The van der Waals surface area contributed by atoms with Gasteiger partial charge in [-0.25, -0.2) is 0 Å². The Hall–Kier alpha value is -1.54. The maximum absolute atomic E-state index is 5.48. The van der Waals surface area contributed by atoms with Gasteiger partial charge in [-0.05, 0) is 13.0 Å². The van der Waals surface area contributed by atoms with Crippen LogP contribution in [0.3, 0.4) is 0 Å². The third-order valence-electron chi connectivity index (χ3n) is 6.66. The molecule has 0 unspecified atom stereocenters. The first-order valence-electron chi connectivity index (χ1n) is 14.1. The molecule has 0 atom stereocenters. The molecule has 184 valence electrons. The van der Waals surface area contributed by atoms with Crippen LogP contribution in [0.5, 0.6) is 0 Å². The van der Waals surface area contributed by atoms with Crippen LogP contribution in [0, 0.1) is 0 Å². The molecule has 0 aromatic heterocycles. The highest BCUT2D eigenvalue weighted by atomic mass is 14.5. The summed E-state index contributed by atoms with van der Waals surface area (Å²) in [6.45, 7) is 5.89. The molecule has 0 aliphatic heterocycles. The van der Waals surface area contributed by atoms with Gasteiger partial charge in [0.25, 0.3) is 0 Å². The molecule has 2 aromatic rings. The van der Waals surface area contributed by atoms with E-state index in [9.17, 15) is 0 Å². The van der Waals surface area contributed by atoms with E-state index < -0.39 is 0 Å². The van der Waals surface area contributed by atoms with Crippen molar-refractivity contribution in [3.8, 4) is 0 Å². The lowest BCUT2D eigenvalue weighted by molar-refractivity contribution is 0.530. The second-order valence-electron chi connectivity index (χ2n) is 9.64. The number of hydrogen-bond acceptors (Lipinski definition) is 1. The van der Waals surface area contributed by atoms with Gasteiger partial charge in [0.15, 0.2) is 0 Å². The van der Waals surface area contributed by atoms with E-state index in [1.807, 2.05) is 0 Å². The quantitative estimate of drug-likeness (QED) is 0.180. The molecule has 2 heteroatoms. The van der Waals surface area contributed by atoms with Crippen molar-refractivity contribution in [1.82, 2.24) is 0 Å². The first-order chi connectivity index (χ1) is 16.3. The lowest BCUT2D eigenvalue weighted by Crippen LogP contribution is -2.38. The van der Waals surface area contributed by atoms with E-state index >= 15 is 0 Å². The first kappa shape index (κ1) is 29.5. The smallest absolute Gasteiger partial charge is 0.206 e. The predicted octanol–water partition coefficient (Wildman–Crippen LogP) is 8.13. The van der Waals surface area contributed by atoms with Crippen LogP contribution in [-0.4, -0.2) is 13.3 Å². The van der Waals surface area contributed by atoms with Gasteiger partial charge >= 0.3 is 0 Å². The van der Waals surface area contributed by atoms with E-state index in [0.29, 0.717) is 6.71 Å². The van der Waals surface area contributed by atoms with E-state index in [1.165, 1.54) is 114 Å². The zero-order valence-electron chi connectivity index (χ0n) is 21.9. The number of unbranched alkanes of at least 4 members (excludes halogenated alkanes) is 15. The van der Waals surface area contributed by atoms with Crippen LogP contribution in [0.2, 0.25) is 6.82 Å². The first-order valence-corrected chi connectivity index (χ1v) is 14.1. The standard InChI is InChI=1S/C18H39N.C13H13B/c1-2-3-4-5-6-7-8-9-10-11-12-13-14-15-16-17-18-19;1-14(12-8-4-2-5-9-12)13-10-6-3-7-11-13/h2-19H2,1H3;2-11H,1H3. The molecule has 0 saturated heterocycles. The summed E-state index contributed by atoms with van der Waals surface area (Å²) < 4.78 is 0. The van der Waals surface area contributed by atoms with Crippen molar-refractivity contribution in [2.24, 2.45) is 5.73 Å². The molecule has 0 bridgehead atoms. The summed E-state index contributed by atoms with van der Waals surface area (Å²) in [6.07, 6.45) is 22.9. The molecule has 0 aliphatic carbocycles. The van der Waals surface area contributed by atoms with Gasteiger partial charge in [0.1, 0.15) is 0 Å². The monoisotopic (exact) mass is 449 g/mol. The molecule has 0 aliphatic rings. The number of rotatable bonds is 18. The van der Waals surface area contributed by atoms with Gasteiger partial charge < -0.3 is 5.73 Å². The summed E-state index contributed by atoms with van der Waals surface area (Å²) in [5, 5.41) is 0. The Balaban J connectivity index is 0.000000342. The van der Waals surface area contributed by atoms with Crippen molar-refractivity contribution in [2.45, 2.75) is 116 Å². The second-order valence-corrected chi connectivity index (χ2v) is 9.64. The Morgan fingerprint density at radius 2 is 0.788 bits per heavy atom. The average Bonchev–Trinajstić information content (AvgIpc) is 2.87. The van der Waals surface area contributed by atoms with Gasteiger partial charge in [0, 0.05) is 0 Å². The van der Waals surface area contributed by atoms with Gasteiger partial charge in [-0.15, -0.1) is 0 Å². The van der Waals surface area contributed by atoms with Crippen molar-refractivity contribution in [1.29, 1.82) is 0 Å². The highest BCUT2D eigenvalue weighted by molar-refractivity contribution is 6.84. The van der Waals surface area contributed by atoms with E-state index in [2.05, 4.69) is 74.4 Å². The van der Waals surface area contributed by atoms with Crippen molar-refractivity contribution in [2.75, 3.05) is 6.54 Å². The lowest BCUT2D eigenvalue weighted by atomic mass is 9.43. The van der Waals surface area contributed by atoms with Crippen molar-refractivity contribution in [3.05, 3.63) is 60.7 Å². The predicted molar refractivity (Wildman–Crippen MR) is 152 cm³/mol. The minimum absolute atomic E-state index is 0.484. The van der Waals surface area contributed by atoms with Gasteiger partial charge in [-0.3, -0.25) is 0 Å². The highest BCUT2D eigenvalue weighted by Gasteiger charge is 2.10. The molecule has 33 heavy (non-hydrogen) atoms. The SMILES string of the molecule is CB(c1ccccc1)c1ccccc1.CCCCCCCCCCCCCCCCCCN. The van der Waals surface area contributed by atoms with Gasteiger partial charge in [0.2, 0.25) is 6.71 Å². The topological polar surface area (TPSA) is 26.0 Å². The lowest BCUT2D eigenvalue weighted by Gasteiger charge is -2.08. The maximum Gasteiger partial charge on any atom is 0.206 e. The summed E-state index contributed by atoms with van der Waals surface area (Å²) in [5.41, 5.74) is 8.23. The average molecular weight is 450 g/mol. The minimum Gasteiger partial charge on any atom is -0.330 e. The van der Waals surface area contributed by atoms with Crippen molar-refractivity contribution < 1.29 is 0 Å². The molecule has 0 saturated carbocycles. The molecule has 1 nitrogen and oxygen atoms in total. The molecular formula is C31H52BN. The summed E-state index contributed by atoms with van der Waals surface area (Å²) >= 11 is 0. The van der Waals surface area contributed by atoms with Crippen molar-refractivity contribution >= 4 is 17.6 Å². The Morgan fingerprint density at radius 1 is 0.485 bits per heavy atom. The fraction of sp³-hybridized carbons (Fsp3) is 0.613. The molecule has 0 amide bonds. The summed E-state index contributed by atoms with van der Waals surface area (Å²) in [7, 11) is 0. The maximum atomic E-state index is 5.48. The Morgan fingerprint density at radius 3 is 1.09 bits per heavy atom. The molecule has 2 aromatic carbocycles. The van der Waals surface area contributed by atoms with Crippen LogP contribution in [0.4, 0.5) is 0 Å². The fourth-order valence-corrected chi connectivity index (χ4v) is 4.37. The summed E-state index contributed by atoms with van der Waals surface area (Å²) in [5.74, 6) is 0. The van der Waals surface area contributed by atoms with Crippen molar-refractivity contribution in [3.63, 3.8) is 0 Å². The molecule has 2 rings (SSSR count). The molecule has 0 spiro atoms. The fourth-order valence-electron chi connectivity index (χ4n) is 4.37. The Bertz CT molecular complexity index is 572. The number of benzene rings is 2. The van der Waals surface area contributed by atoms with Gasteiger partial charge in [0.05, 0.1) is 0 Å². The normalized spacial score (nSPS) is 10.5. The Kier molecular flexibility index (Phi) is 19.9. The molecule has 0 fully saturated rings. The minimum atomic E-state index is 0.484. The summed E-state index contributed by atoms with van der Waals surface area (Å²) in [4.78, 5) is 0. The van der Waals surface area contributed by atoms with Crippen LogP contribution in [-0.2, 0) is 0 Å². The zero-order chi connectivity index (χ0) is 23.8. The van der Waals surface area contributed by atoms with Crippen LogP contribution in [0.15, 0.2) is 60.7 Å². The van der Waals surface area contributed by atoms with E-state index in [-0.39, 0.29) is 0 Å². The van der Waals surface area contributed by atoms with E-state index in [4.69, 9.17) is 5.73 Å². The van der Waals surface area contributed by atoms with E-state index in [0.717, 1.165) is 6.54 Å².